The number of amides is 1. The highest BCUT2D eigenvalue weighted by molar-refractivity contribution is 5.83. The molecule has 3 aliphatic heterocycles. The maximum atomic E-state index is 13.8. The number of likely N-dealkylation sites (tertiary alicyclic amines) is 1. The van der Waals surface area contributed by atoms with Crippen molar-refractivity contribution in [3.8, 4) is 0 Å². The Labute approximate surface area is 154 Å². The van der Waals surface area contributed by atoms with Crippen LogP contribution in [-0.4, -0.2) is 68.2 Å². The highest BCUT2D eigenvalue weighted by atomic mass is 19.1. The van der Waals surface area contributed by atoms with Crippen LogP contribution in [0.1, 0.15) is 30.9 Å². The summed E-state index contributed by atoms with van der Waals surface area (Å²) in [5.41, 5.74) is 1.13. The number of ether oxygens (including phenoxy) is 1. The number of nitrogens with one attached hydrogen (secondary N) is 1. The van der Waals surface area contributed by atoms with E-state index in [1.54, 1.807) is 6.07 Å². The fraction of sp³-hybridized carbons (Fsp3) is 0.650. The Morgan fingerprint density at radius 3 is 2.58 bits per heavy atom. The number of piperidine rings is 1. The van der Waals surface area contributed by atoms with Gasteiger partial charge >= 0.3 is 0 Å². The summed E-state index contributed by atoms with van der Waals surface area (Å²) < 4.78 is 19.3. The maximum Gasteiger partial charge on any atom is 0.244 e. The van der Waals surface area contributed by atoms with Crippen molar-refractivity contribution in [3.63, 3.8) is 0 Å². The van der Waals surface area contributed by atoms with Gasteiger partial charge in [-0.05, 0) is 48.9 Å². The van der Waals surface area contributed by atoms with Gasteiger partial charge in [0.15, 0.2) is 0 Å². The molecule has 3 saturated heterocycles. The summed E-state index contributed by atoms with van der Waals surface area (Å²) in [6.07, 6.45) is 3.33. The molecule has 6 heteroatoms. The van der Waals surface area contributed by atoms with Gasteiger partial charge in [-0.25, -0.2) is 4.39 Å². The molecule has 0 aromatic heterocycles. The number of rotatable bonds is 3. The van der Waals surface area contributed by atoms with Gasteiger partial charge in [0, 0.05) is 32.7 Å². The average molecular weight is 361 g/mol. The third-order valence-corrected chi connectivity index (χ3v) is 6.28. The van der Waals surface area contributed by atoms with Crippen LogP contribution in [0.3, 0.4) is 0 Å². The van der Waals surface area contributed by atoms with Crippen molar-refractivity contribution in [1.29, 1.82) is 0 Å². The molecule has 3 heterocycles. The van der Waals surface area contributed by atoms with Crippen molar-refractivity contribution in [1.82, 2.24) is 15.1 Å². The molecule has 4 rings (SSSR count). The van der Waals surface area contributed by atoms with Gasteiger partial charge in [0.1, 0.15) is 11.9 Å². The fourth-order valence-electron chi connectivity index (χ4n) is 4.62. The number of hydrogen-bond donors (Lipinski definition) is 1. The van der Waals surface area contributed by atoms with E-state index in [9.17, 15) is 9.18 Å². The van der Waals surface area contributed by atoms with E-state index in [0.29, 0.717) is 31.7 Å². The summed E-state index contributed by atoms with van der Waals surface area (Å²) in [5, 5.41) is 3.47. The van der Waals surface area contributed by atoms with Crippen molar-refractivity contribution >= 4 is 5.91 Å². The number of morpholine rings is 1. The van der Waals surface area contributed by atoms with Gasteiger partial charge in [0.25, 0.3) is 0 Å². The smallest absolute Gasteiger partial charge is 0.244 e. The standard InChI is InChI=1S/C20H28FN3O2/c21-17-3-1-2-16(14-17)18(23-10-12-26-13-11-23)19(25)24-8-5-20(6-9-24)4-7-22-15-20/h1-3,14,18,22H,4-13,15H2. The Bertz CT molecular complexity index is 632. The SMILES string of the molecule is O=C(C(c1cccc(F)c1)N1CCOCC1)N1CCC2(CCNC2)CC1. The third-order valence-electron chi connectivity index (χ3n) is 6.28. The topological polar surface area (TPSA) is 44.8 Å². The second-order valence-corrected chi connectivity index (χ2v) is 7.86. The van der Waals surface area contributed by atoms with E-state index in [1.165, 1.54) is 18.6 Å². The molecule has 0 radical (unpaired) electrons. The highest BCUT2D eigenvalue weighted by Gasteiger charge is 2.40. The molecule has 5 nitrogen and oxygen atoms in total. The first kappa shape index (κ1) is 17.9. The Hall–Kier alpha value is -1.50. The average Bonchev–Trinajstić information content (AvgIpc) is 3.11. The van der Waals surface area contributed by atoms with Crippen LogP contribution < -0.4 is 5.32 Å². The van der Waals surface area contributed by atoms with Crippen molar-refractivity contribution in [3.05, 3.63) is 35.6 Å². The van der Waals surface area contributed by atoms with Gasteiger partial charge in [-0.15, -0.1) is 0 Å². The molecule has 1 unspecified atom stereocenters. The van der Waals surface area contributed by atoms with Crippen LogP contribution in [0.15, 0.2) is 24.3 Å². The summed E-state index contributed by atoms with van der Waals surface area (Å²) >= 11 is 0. The van der Waals surface area contributed by atoms with Gasteiger partial charge in [0.2, 0.25) is 5.91 Å². The van der Waals surface area contributed by atoms with E-state index in [4.69, 9.17) is 4.74 Å². The Morgan fingerprint density at radius 2 is 1.92 bits per heavy atom. The number of carbonyl (C=O) groups is 1. The molecule has 0 aliphatic carbocycles. The number of benzene rings is 1. The molecule has 1 N–H and O–H groups in total. The van der Waals surface area contributed by atoms with Crippen LogP contribution in [0.4, 0.5) is 4.39 Å². The number of carbonyl (C=O) groups excluding carboxylic acids is 1. The summed E-state index contributed by atoms with van der Waals surface area (Å²) in [4.78, 5) is 17.6. The van der Waals surface area contributed by atoms with E-state index in [2.05, 4.69) is 10.2 Å². The van der Waals surface area contributed by atoms with Gasteiger partial charge in [-0.3, -0.25) is 9.69 Å². The zero-order chi connectivity index (χ0) is 18.0. The first-order valence-electron chi connectivity index (χ1n) is 9.74. The number of halogens is 1. The van der Waals surface area contributed by atoms with Gasteiger partial charge in [0.05, 0.1) is 13.2 Å². The fourth-order valence-corrected chi connectivity index (χ4v) is 4.62. The Kier molecular flexibility index (Phi) is 5.25. The molecule has 1 amide bonds. The maximum absolute atomic E-state index is 13.8. The van der Waals surface area contributed by atoms with E-state index in [0.717, 1.165) is 44.6 Å². The first-order chi connectivity index (χ1) is 12.7. The lowest BCUT2D eigenvalue weighted by atomic mass is 9.77. The number of hydrogen-bond acceptors (Lipinski definition) is 4. The van der Waals surface area contributed by atoms with Crippen molar-refractivity contribution in [2.24, 2.45) is 5.41 Å². The van der Waals surface area contributed by atoms with Crippen molar-refractivity contribution < 1.29 is 13.9 Å². The van der Waals surface area contributed by atoms with E-state index in [1.807, 2.05) is 11.0 Å². The molecular formula is C20H28FN3O2. The number of nitrogens with zero attached hydrogens (tertiary/aromatic N) is 2. The van der Waals surface area contributed by atoms with Crippen LogP contribution in [0, 0.1) is 11.2 Å². The molecule has 1 atom stereocenters. The molecule has 0 saturated carbocycles. The molecule has 0 bridgehead atoms. The predicted octanol–water partition coefficient (Wildman–Crippen LogP) is 1.80. The molecule has 3 aliphatic rings. The summed E-state index contributed by atoms with van der Waals surface area (Å²) in [7, 11) is 0. The summed E-state index contributed by atoms with van der Waals surface area (Å²) in [6.45, 7) is 6.41. The summed E-state index contributed by atoms with van der Waals surface area (Å²) in [6, 6.07) is 6.09. The van der Waals surface area contributed by atoms with Crippen molar-refractivity contribution in [2.75, 3.05) is 52.5 Å². The molecular weight excluding hydrogens is 333 g/mol. The first-order valence-corrected chi connectivity index (χ1v) is 9.74. The zero-order valence-corrected chi connectivity index (χ0v) is 15.3. The van der Waals surface area contributed by atoms with Crippen molar-refractivity contribution in [2.45, 2.75) is 25.3 Å². The third kappa shape index (κ3) is 3.63. The van der Waals surface area contributed by atoms with E-state index >= 15 is 0 Å². The van der Waals surface area contributed by atoms with E-state index < -0.39 is 6.04 Å². The minimum atomic E-state index is -0.412. The lowest BCUT2D eigenvalue weighted by Crippen LogP contribution is -2.50. The second kappa shape index (κ2) is 7.62. The van der Waals surface area contributed by atoms with Gasteiger partial charge < -0.3 is 15.0 Å². The summed E-state index contributed by atoms with van der Waals surface area (Å²) in [5.74, 6) is -0.179. The minimum absolute atomic E-state index is 0.110. The largest absolute Gasteiger partial charge is 0.379 e. The molecule has 3 fully saturated rings. The molecule has 26 heavy (non-hydrogen) atoms. The van der Waals surface area contributed by atoms with Gasteiger partial charge in [-0.1, -0.05) is 12.1 Å². The quantitative estimate of drug-likeness (QED) is 0.892. The molecule has 142 valence electrons. The second-order valence-electron chi connectivity index (χ2n) is 7.86. The normalized spacial score (nSPS) is 24.7. The van der Waals surface area contributed by atoms with Crippen LogP contribution in [0.2, 0.25) is 0 Å². The van der Waals surface area contributed by atoms with Crippen LogP contribution >= 0.6 is 0 Å². The minimum Gasteiger partial charge on any atom is -0.379 e. The molecule has 1 aromatic rings. The molecule has 1 aromatic carbocycles. The monoisotopic (exact) mass is 361 g/mol. The lowest BCUT2D eigenvalue weighted by molar-refractivity contribution is -0.141. The zero-order valence-electron chi connectivity index (χ0n) is 15.3. The lowest BCUT2D eigenvalue weighted by Gasteiger charge is -2.42. The Morgan fingerprint density at radius 1 is 1.15 bits per heavy atom. The van der Waals surface area contributed by atoms with Crippen LogP contribution in [0.5, 0.6) is 0 Å². The van der Waals surface area contributed by atoms with Gasteiger partial charge in [-0.2, -0.15) is 0 Å². The molecule has 1 spiro atoms. The highest BCUT2D eigenvalue weighted by Crippen LogP contribution is 2.38. The predicted molar refractivity (Wildman–Crippen MR) is 97.3 cm³/mol. The van der Waals surface area contributed by atoms with Crippen LogP contribution in [-0.2, 0) is 9.53 Å². The van der Waals surface area contributed by atoms with E-state index in [-0.39, 0.29) is 11.7 Å². The Balaban J connectivity index is 1.52. The van der Waals surface area contributed by atoms with Crippen LogP contribution in [0.25, 0.3) is 0 Å².